The van der Waals surface area contributed by atoms with E-state index in [4.69, 9.17) is 11.6 Å². The van der Waals surface area contributed by atoms with Crippen LogP contribution in [0, 0.1) is 0 Å². The molecule has 2 amide bonds. The van der Waals surface area contributed by atoms with Gasteiger partial charge in [0.15, 0.2) is 6.04 Å². The highest BCUT2D eigenvalue weighted by Gasteiger charge is 2.41. The van der Waals surface area contributed by atoms with Gasteiger partial charge < -0.3 is 5.32 Å². The highest BCUT2D eigenvalue weighted by atomic mass is 35.5. The number of halogens is 4. The highest BCUT2D eigenvalue weighted by Crippen LogP contribution is 2.33. The molecule has 8 heteroatoms. The molecule has 106 valence electrons. The predicted molar refractivity (Wildman–Crippen MR) is 63.5 cm³/mol. The molecule has 0 radical (unpaired) electrons. The van der Waals surface area contributed by atoms with Gasteiger partial charge in [-0.05, 0) is 24.6 Å². The minimum atomic E-state index is -4.63. The van der Waals surface area contributed by atoms with Crippen LogP contribution >= 0.6 is 11.6 Å². The average molecular weight is 297 g/mol. The van der Waals surface area contributed by atoms with E-state index in [-0.39, 0.29) is 12.2 Å². The molecule has 4 nitrogen and oxygen atoms in total. The molecule has 1 rings (SSSR count). The molecular weight excluding hydrogens is 285 g/mol. The van der Waals surface area contributed by atoms with Gasteiger partial charge in [-0.15, -0.1) is 0 Å². The normalized spacial score (nSPS) is 12.9. The standard InChI is InChI=1S/C11H12ClF3N2O2/c1-2-19-17-10(18)16-9(11(13,14)15)7-3-5-8(12)6-4-7/h3-6,9H,2H2,1H3,(H2,16,17,18)/t9-/m1/s1. The van der Waals surface area contributed by atoms with Crippen molar-refractivity contribution in [2.75, 3.05) is 6.61 Å². The van der Waals surface area contributed by atoms with Crippen LogP contribution in [-0.2, 0) is 4.84 Å². The molecule has 0 aliphatic rings. The zero-order chi connectivity index (χ0) is 14.5. The number of hydrogen-bond acceptors (Lipinski definition) is 2. The van der Waals surface area contributed by atoms with Gasteiger partial charge >= 0.3 is 12.2 Å². The lowest BCUT2D eigenvalue weighted by Gasteiger charge is -2.22. The van der Waals surface area contributed by atoms with Gasteiger partial charge in [-0.25, -0.2) is 10.3 Å². The molecule has 0 bridgehead atoms. The number of nitrogens with one attached hydrogen (secondary N) is 2. The van der Waals surface area contributed by atoms with Crippen LogP contribution in [0.2, 0.25) is 5.02 Å². The van der Waals surface area contributed by atoms with Crippen molar-refractivity contribution in [1.82, 2.24) is 10.8 Å². The van der Waals surface area contributed by atoms with Gasteiger partial charge in [0.1, 0.15) is 0 Å². The quantitative estimate of drug-likeness (QED) is 0.838. The van der Waals surface area contributed by atoms with Gasteiger partial charge in [0, 0.05) is 5.02 Å². The largest absolute Gasteiger partial charge is 0.412 e. The Morgan fingerprint density at radius 3 is 2.42 bits per heavy atom. The number of amides is 2. The Balaban J connectivity index is 2.84. The van der Waals surface area contributed by atoms with Crippen LogP contribution in [0.4, 0.5) is 18.0 Å². The predicted octanol–water partition coefficient (Wildman–Crippen LogP) is 3.19. The maximum absolute atomic E-state index is 12.9. The van der Waals surface area contributed by atoms with Gasteiger partial charge in [0.05, 0.1) is 6.61 Å². The molecule has 0 heterocycles. The van der Waals surface area contributed by atoms with Crippen molar-refractivity contribution < 1.29 is 22.8 Å². The van der Waals surface area contributed by atoms with E-state index in [1.54, 1.807) is 12.2 Å². The average Bonchev–Trinajstić information content (AvgIpc) is 2.33. The maximum atomic E-state index is 12.9. The molecule has 0 fully saturated rings. The summed E-state index contributed by atoms with van der Waals surface area (Å²) in [5, 5.41) is 2.09. The van der Waals surface area contributed by atoms with E-state index >= 15 is 0 Å². The van der Waals surface area contributed by atoms with Gasteiger partial charge in [0.25, 0.3) is 0 Å². The number of hydroxylamine groups is 1. The summed E-state index contributed by atoms with van der Waals surface area (Å²) in [5.74, 6) is 0. The second-order valence-corrected chi connectivity index (χ2v) is 3.97. The van der Waals surface area contributed by atoms with E-state index < -0.39 is 18.2 Å². The number of alkyl halides is 3. The van der Waals surface area contributed by atoms with Crippen LogP contribution in [-0.4, -0.2) is 18.8 Å². The summed E-state index contributed by atoms with van der Waals surface area (Å²) in [4.78, 5) is 15.7. The van der Waals surface area contributed by atoms with Crippen LogP contribution in [0.1, 0.15) is 18.5 Å². The molecule has 0 aromatic heterocycles. The number of urea groups is 1. The zero-order valence-electron chi connectivity index (χ0n) is 9.92. The van der Waals surface area contributed by atoms with Crippen LogP contribution in [0.25, 0.3) is 0 Å². The summed E-state index contributed by atoms with van der Waals surface area (Å²) in [6.45, 7) is 1.73. The molecule has 0 spiro atoms. The van der Waals surface area contributed by atoms with Crippen LogP contribution in [0.5, 0.6) is 0 Å². The molecule has 0 aliphatic carbocycles. The summed E-state index contributed by atoms with van der Waals surface area (Å²) in [7, 11) is 0. The minimum absolute atomic E-state index is 0.122. The van der Waals surface area contributed by atoms with E-state index in [0.717, 1.165) is 0 Å². The molecule has 1 atom stereocenters. The fourth-order valence-electron chi connectivity index (χ4n) is 1.31. The molecule has 1 aromatic rings. The lowest BCUT2D eigenvalue weighted by Crippen LogP contribution is -2.43. The fourth-order valence-corrected chi connectivity index (χ4v) is 1.43. The van der Waals surface area contributed by atoms with Crippen molar-refractivity contribution >= 4 is 17.6 Å². The Bertz CT molecular complexity index is 423. The Hall–Kier alpha value is -1.47. The Morgan fingerprint density at radius 1 is 1.37 bits per heavy atom. The van der Waals surface area contributed by atoms with Crippen LogP contribution in [0.3, 0.4) is 0 Å². The number of carbonyl (C=O) groups is 1. The molecular formula is C11H12ClF3N2O2. The summed E-state index contributed by atoms with van der Waals surface area (Å²) in [6.07, 6.45) is -4.63. The van der Waals surface area contributed by atoms with Crippen molar-refractivity contribution in [3.8, 4) is 0 Å². The van der Waals surface area contributed by atoms with Crippen molar-refractivity contribution in [2.45, 2.75) is 19.1 Å². The number of carbonyl (C=O) groups excluding carboxylic acids is 1. The highest BCUT2D eigenvalue weighted by molar-refractivity contribution is 6.30. The Kier molecular flexibility index (Phi) is 5.44. The minimum Gasteiger partial charge on any atom is -0.321 e. The number of rotatable bonds is 4. The van der Waals surface area contributed by atoms with Crippen molar-refractivity contribution in [2.24, 2.45) is 0 Å². The lowest BCUT2D eigenvalue weighted by atomic mass is 10.1. The van der Waals surface area contributed by atoms with Crippen molar-refractivity contribution in [3.63, 3.8) is 0 Å². The third kappa shape index (κ3) is 4.96. The third-order valence-corrected chi connectivity index (χ3v) is 2.37. The Labute approximate surface area is 112 Å². The summed E-state index contributed by atoms with van der Waals surface area (Å²) >= 11 is 5.60. The SMILES string of the molecule is CCONC(=O)N[C@H](c1ccc(Cl)cc1)C(F)(F)F. The Morgan fingerprint density at radius 2 is 1.95 bits per heavy atom. The number of hydrogen-bond donors (Lipinski definition) is 2. The topological polar surface area (TPSA) is 50.4 Å². The molecule has 0 unspecified atom stereocenters. The molecule has 0 aliphatic heterocycles. The third-order valence-electron chi connectivity index (χ3n) is 2.12. The summed E-state index contributed by atoms with van der Waals surface area (Å²) < 4.78 is 38.6. The van der Waals surface area contributed by atoms with E-state index in [1.165, 1.54) is 24.3 Å². The first kappa shape index (κ1) is 15.6. The molecule has 0 saturated heterocycles. The van der Waals surface area contributed by atoms with Crippen molar-refractivity contribution in [1.29, 1.82) is 0 Å². The van der Waals surface area contributed by atoms with E-state index in [2.05, 4.69) is 4.84 Å². The summed E-state index contributed by atoms with van der Waals surface area (Å²) in [5.41, 5.74) is 1.72. The van der Waals surface area contributed by atoms with E-state index in [0.29, 0.717) is 5.02 Å². The fraction of sp³-hybridized carbons (Fsp3) is 0.364. The van der Waals surface area contributed by atoms with E-state index in [1.807, 2.05) is 5.48 Å². The van der Waals surface area contributed by atoms with Crippen LogP contribution < -0.4 is 10.8 Å². The summed E-state index contributed by atoms with van der Waals surface area (Å²) in [6, 6.07) is 1.82. The first-order valence-electron chi connectivity index (χ1n) is 5.35. The smallest absolute Gasteiger partial charge is 0.321 e. The van der Waals surface area contributed by atoms with Gasteiger partial charge in [-0.1, -0.05) is 23.7 Å². The van der Waals surface area contributed by atoms with Gasteiger partial charge in [0.2, 0.25) is 0 Å². The van der Waals surface area contributed by atoms with E-state index in [9.17, 15) is 18.0 Å². The zero-order valence-corrected chi connectivity index (χ0v) is 10.7. The van der Waals surface area contributed by atoms with Gasteiger partial charge in [-0.3, -0.25) is 4.84 Å². The van der Waals surface area contributed by atoms with Crippen molar-refractivity contribution in [3.05, 3.63) is 34.9 Å². The monoisotopic (exact) mass is 296 g/mol. The molecule has 19 heavy (non-hydrogen) atoms. The second-order valence-electron chi connectivity index (χ2n) is 3.53. The van der Waals surface area contributed by atoms with Crippen LogP contribution in [0.15, 0.2) is 24.3 Å². The first-order valence-corrected chi connectivity index (χ1v) is 5.73. The second kappa shape index (κ2) is 6.63. The van der Waals surface area contributed by atoms with Gasteiger partial charge in [-0.2, -0.15) is 13.2 Å². The maximum Gasteiger partial charge on any atom is 0.412 e. The molecule has 1 aromatic carbocycles. The lowest BCUT2D eigenvalue weighted by molar-refractivity contribution is -0.155. The molecule has 0 saturated carbocycles. The number of benzene rings is 1. The molecule has 2 N–H and O–H groups in total. The first-order chi connectivity index (χ1) is 8.84.